The number of hydrogen-bond donors (Lipinski definition) is 1. The van der Waals surface area contributed by atoms with Crippen LogP contribution in [0.3, 0.4) is 0 Å². The summed E-state index contributed by atoms with van der Waals surface area (Å²) in [6.45, 7) is 8.59. The first-order valence-electron chi connectivity index (χ1n) is 5.17. The third kappa shape index (κ3) is 3.07. The normalized spacial score (nSPS) is 15.9. The Morgan fingerprint density at radius 2 is 2.07 bits per heavy atom. The van der Waals surface area contributed by atoms with Gasteiger partial charge in [0.15, 0.2) is 0 Å². The lowest BCUT2D eigenvalue weighted by Crippen LogP contribution is -2.32. The fourth-order valence-corrected chi connectivity index (χ4v) is 2.40. The van der Waals surface area contributed by atoms with E-state index >= 15 is 0 Å². The van der Waals surface area contributed by atoms with Crippen LogP contribution in [0.25, 0.3) is 0 Å². The minimum Gasteiger partial charge on any atom is -0.328 e. The largest absolute Gasteiger partial charge is 0.328 e. The predicted octanol–water partition coefficient (Wildman–Crippen LogP) is 2.61. The van der Waals surface area contributed by atoms with Crippen molar-refractivity contribution in [3.63, 3.8) is 0 Å². The molecule has 0 saturated carbocycles. The lowest BCUT2D eigenvalue weighted by Gasteiger charge is -2.23. The van der Waals surface area contributed by atoms with Gasteiger partial charge >= 0.3 is 0 Å². The van der Waals surface area contributed by atoms with E-state index in [1.165, 1.54) is 5.69 Å². The van der Waals surface area contributed by atoms with E-state index in [1.54, 1.807) is 11.3 Å². The summed E-state index contributed by atoms with van der Waals surface area (Å²) < 4.78 is 0. The van der Waals surface area contributed by atoms with E-state index in [0.717, 1.165) is 11.4 Å². The number of thiazole rings is 1. The molecule has 0 fully saturated rings. The van der Waals surface area contributed by atoms with Crippen LogP contribution in [0.1, 0.15) is 31.5 Å². The molecule has 0 radical (unpaired) electrons. The second-order valence-corrected chi connectivity index (χ2v) is 5.39. The lowest BCUT2D eigenvalue weighted by atomic mass is 9.86. The Kier molecular flexibility index (Phi) is 4.08. The van der Waals surface area contributed by atoms with Gasteiger partial charge in [-0.15, -0.1) is 11.3 Å². The van der Waals surface area contributed by atoms with Gasteiger partial charge in [-0.3, -0.25) is 0 Å². The van der Waals surface area contributed by atoms with Gasteiger partial charge in [0.05, 0.1) is 10.7 Å². The van der Waals surface area contributed by atoms with Crippen LogP contribution < -0.4 is 5.73 Å². The Hall–Kier alpha value is -0.410. The highest BCUT2D eigenvalue weighted by Gasteiger charge is 2.19. The summed E-state index contributed by atoms with van der Waals surface area (Å²) in [7, 11) is 0. The standard InChI is InChI=1S/C11H20N2S/c1-7(2)11(8(3)12)5-10-6-14-9(4)13-10/h6-8,11H,5,12H2,1-4H3. The maximum Gasteiger partial charge on any atom is 0.0897 e. The van der Waals surface area contributed by atoms with Gasteiger partial charge in [0.1, 0.15) is 0 Å². The molecule has 0 saturated heterocycles. The highest BCUT2D eigenvalue weighted by Crippen LogP contribution is 2.20. The van der Waals surface area contributed by atoms with Crippen LogP contribution in [0.15, 0.2) is 5.38 Å². The average Bonchev–Trinajstić information content (AvgIpc) is 2.46. The van der Waals surface area contributed by atoms with Crippen molar-refractivity contribution in [3.05, 3.63) is 16.1 Å². The van der Waals surface area contributed by atoms with Crippen LogP contribution >= 0.6 is 11.3 Å². The van der Waals surface area contributed by atoms with Gasteiger partial charge < -0.3 is 5.73 Å². The quantitative estimate of drug-likeness (QED) is 0.833. The number of nitrogens with zero attached hydrogens (tertiary/aromatic N) is 1. The molecular weight excluding hydrogens is 192 g/mol. The summed E-state index contributed by atoms with van der Waals surface area (Å²) in [4.78, 5) is 4.48. The maximum absolute atomic E-state index is 5.97. The minimum absolute atomic E-state index is 0.247. The van der Waals surface area contributed by atoms with Gasteiger partial charge in [-0.1, -0.05) is 13.8 Å². The zero-order chi connectivity index (χ0) is 10.7. The third-order valence-corrected chi connectivity index (χ3v) is 3.47. The predicted molar refractivity (Wildman–Crippen MR) is 62.5 cm³/mol. The number of aromatic nitrogens is 1. The fraction of sp³-hybridized carbons (Fsp3) is 0.727. The molecule has 0 bridgehead atoms. The van der Waals surface area contributed by atoms with Gasteiger partial charge in [0.2, 0.25) is 0 Å². The van der Waals surface area contributed by atoms with Crippen molar-refractivity contribution in [2.45, 2.75) is 40.2 Å². The summed E-state index contributed by atoms with van der Waals surface area (Å²) in [6.07, 6.45) is 1.01. The molecule has 0 amide bonds. The Morgan fingerprint density at radius 1 is 1.43 bits per heavy atom. The van der Waals surface area contributed by atoms with Crippen molar-refractivity contribution in [1.82, 2.24) is 4.98 Å². The van der Waals surface area contributed by atoms with Crippen molar-refractivity contribution >= 4 is 11.3 Å². The molecule has 0 spiro atoms. The number of rotatable bonds is 4. The third-order valence-electron chi connectivity index (χ3n) is 2.64. The smallest absolute Gasteiger partial charge is 0.0897 e. The van der Waals surface area contributed by atoms with Crippen LogP contribution in [0.2, 0.25) is 0 Å². The van der Waals surface area contributed by atoms with E-state index in [2.05, 4.69) is 31.1 Å². The van der Waals surface area contributed by atoms with Crippen molar-refractivity contribution in [2.24, 2.45) is 17.6 Å². The number of aryl methyl sites for hydroxylation is 1. The number of nitrogens with two attached hydrogens (primary N) is 1. The molecule has 1 aromatic rings. The van der Waals surface area contributed by atoms with Crippen LogP contribution in [0, 0.1) is 18.8 Å². The van der Waals surface area contributed by atoms with E-state index in [9.17, 15) is 0 Å². The first-order chi connectivity index (χ1) is 6.50. The molecule has 3 heteroatoms. The number of hydrogen-bond acceptors (Lipinski definition) is 3. The molecule has 2 atom stereocenters. The van der Waals surface area contributed by atoms with Crippen LogP contribution in [0.4, 0.5) is 0 Å². The Morgan fingerprint density at radius 3 is 2.43 bits per heavy atom. The average molecular weight is 212 g/mol. The van der Waals surface area contributed by atoms with E-state index in [-0.39, 0.29) is 6.04 Å². The fourth-order valence-electron chi connectivity index (χ4n) is 1.77. The van der Waals surface area contributed by atoms with E-state index in [0.29, 0.717) is 11.8 Å². The summed E-state index contributed by atoms with van der Waals surface area (Å²) in [5, 5.41) is 3.29. The van der Waals surface area contributed by atoms with E-state index < -0.39 is 0 Å². The molecule has 0 aliphatic carbocycles. The summed E-state index contributed by atoms with van der Waals surface area (Å²) in [5.74, 6) is 1.16. The van der Waals surface area contributed by atoms with Crippen molar-refractivity contribution in [2.75, 3.05) is 0 Å². The molecule has 0 aromatic carbocycles. The Balaban J connectivity index is 2.64. The first kappa shape index (κ1) is 11.7. The zero-order valence-corrected chi connectivity index (χ0v) is 10.3. The topological polar surface area (TPSA) is 38.9 Å². The monoisotopic (exact) mass is 212 g/mol. The van der Waals surface area contributed by atoms with Crippen molar-refractivity contribution < 1.29 is 0 Å². The van der Waals surface area contributed by atoms with Crippen LogP contribution in [-0.2, 0) is 6.42 Å². The molecule has 0 aliphatic heterocycles. The zero-order valence-electron chi connectivity index (χ0n) is 9.45. The minimum atomic E-state index is 0.247. The molecule has 14 heavy (non-hydrogen) atoms. The van der Waals surface area contributed by atoms with Crippen molar-refractivity contribution in [3.8, 4) is 0 Å². The molecule has 1 rings (SSSR count). The molecule has 2 nitrogen and oxygen atoms in total. The molecule has 1 aromatic heterocycles. The van der Waals surface area contributed by atoms with Crippen LogP contribution in [0.5, 0.6) is 0 Å². The van der Waals surface area contributed by atoms with E-state index in [4.69, 9.17) is 5.73 Å². The first-order valence-corrected chi connectivity index (χ1v) is 6.05. The molecule has 0 aliphatic rings. The van der Waals surface area contributed by atoms with Gasteiger partial charge in [-0.25, -0.2) is 4.98 Å². The Bertz CT molecular complexity index is 271. The molecule has 80 valence electrons. The van der Waals surface area contributed by atoms with Gasteiger partial charge in [-0.05, 0) is 32.1 Å². The van der Waals surface area contributed by atoms with Gasteiger partial charge in [0, 0.05) is 11.4 Å². The lowest BCUT2D eigenvalue weighted by molar-refractivity contribution is 0.328. The maximum atomic E-state index is 5.97. The molecule has 2 unspecified atom stereocenters. The van der Waals surface area contributed by atoms with Crippen LogP contribution in [-0.4, -0.2) is 11.0 Å². The summed E-state index contributed by atoms with van der Waals surface area (Å²) >= 11 is 1.72. The second kappa shape index (κ2) is 4.89. The molecule has 1 heterocycles. The van der Waals surface area contributed by atoms with Crippen molar-refractivity contribution in [1.29, 1.82) is 0 Å². The molecular formula is C11H20N2S. The SMILES string of the molecule is Cc1nc(CC(C(C)C)C(C)N)cs1. The second-order valence-electron chi connectivity index (χ2n) is 4.33. The summed E-state index contributed by atoms with van der Waals surface area (Å²) in [6, 6.07) is 0.247. The van der Waals surface area contributed by atoms with E-state index in [1.807, 2.05) is 6.92 Å². The highest BCUT2D eigenvalue weighted by molar-refractivity contribution is 7.09. The van der Waals surface area contributed by atoms with Gasteiger partial charge in [-0.2, -0.15) is 0 Å². The summed E-state index contributed by atoms with van der Waals surface area (Å²) in [5.41, 5.74) is 7.17. The molecule has 2 N–H and O–H groups in total. The van der Waals surface area contributed by atoms with Gasteiger partial charge in [0.25, 0.3) is 0 Å². The Labute approximate surface area is 90.6 Å². The highest BCUT2D eigenvalue weighted by atomic mass is 32.1.